The summed E-state index contributed by atoms with van der Waals surface area (Å²) in [5.41, 5.74) is 1.69. The van der Waals surface area contributed by atoms with Crippen molar-refractivity contribution >= 4 is 50.0 Å². The molecule has 31 heavy (non-hydrogen) atoms. The van der Waals surface area contributed by atoms with Gasteiger partial charge < -0.3 is 9.30 Å². The van der Waals surface area contributed by atoms with Crippen LogP contribution in [0.3, 0.4) is 0 Å². The van der Waals surface area contributed by atoms with Crippen molar-refractivity contribution in [2.45, 2.75) is 6.54 Å². The zero-order valence-electron chi connectivity index (χ0n) is 16.7. The van der Waals surface area contributed by atoms with Crippen LogP contribution in [0.1, 0.15) is 5.56 Å². The van der Waals surface area contributed by atoms with E-state index >= 15 is 0 Å². The number of hydrogen-bond acceptors (Lipinski definition) is 5. The maximum atomic E-state index is 12.5. The minimum Gasteiger partial charge on any atom is -0.383 e. The number of amides is 1. The number of hydrogen-bond donors (Lipinski definition) is 0. The molecule has 0 aliphatic rings. The Kier molecular flexibility index (Phi) is 6.01. The Morgan fingerprint density at radius 3 is 2.68 bits per heavy atom. The van der Waals surface area contributed by atoms with E-state index in [1.54, 1.807) is 25.3 Å². The van der Waals surface area contributed by atoms with Crippen molar-refractivity contribution in [1.29, 1.82) is 0 Å². The first-order valence-electron chi connectivity index (χ1n) is 9.58. The molecule has 0 bridgehead atoms. The van der Waals surface area contributed by atoms with Crippen molar-refractivity contribution in [2.75, 3.05) is 13.7 Å². The van der Waals surface area contributed by atoms with Crippen LogP contribution in [0.5, 0.6) is 0 Å². The standard InChI is InChI=1S/C23H19N3O4S/c1-30-15-14-25-20-12-9-17-4-2-3-5-19(17)22(20)31-23(25)24-21(27)13-8-16-6-10-18(11-7-16)26(28)29/h2-13H,14-15H2,1H3/b13-8-,24-23?. The molecule has 0 atom stereocenters. The molecule has 7 nitrogen and oxygen atoms in total. The maximum absolute atomic E-state index is 12.5. The second kappa shape index (κ2) is 9.03. The smallest absolute Gasteiger partial charge is 0.272 e. The predicted molar refractivity (Wildman–Crippen MR) is 122 cm³/mol. The van der Waals surface area contributed by atoms with E-state index < -0.39 is 10.8 Å². The second-order valence-electron chi connectivity index (χ2n) is 6.80. The van der Waals surface area contributed by atoms with Gasteiger partial charge >= 0.3 is 0 Å². The van der Waals surface area contributed by atoms with Gasteiger partial charge in [0, 0.05) is 37.2 Å². The molecule has 0 saturated heterocycles. The van der Waals surface area contributed by atoms with Crippen LogP contribution in [0.4, 0.5) is 5.69 Å². The number of ether oxygens (including phenoxy) is 1. The highest BCUT2D eigenvalue weighted by Gasteiger charge is 2.10. The monoisotopic (exact) mass is 433 g/mol. The molecule has 0 radical (unpaired) electrons. The van der Waals surface area contributed by atoms with Crippen molar-refractivity contribution in [1.82, 2.24) is 4.57 Å². The number of nitro benzene ring substituents is 1. The van der Waals surface area contributed by atoms with E-state index in [0.717, 1.165) is 21.0 Å². The lowest BCUT2D eigenvalue weighted by Gasteiger charge is -2.05. The highest BCUT2D eigenvalue weighted by Crippen LogP contribution is 2.27. The zero-order valence-corrected chi connectivity index (χ0v) is 17.5. The van der Waals surface area contributed by atoms with Crippen LogP contribution < -0.4 is 4.80 Å². The summed E-state index contributed by atoms with van der Waals surface area (Å²) < 4.78 is 8.30. The molecule has 0 fully saturated rings. The first-order chi connectivity index (χ1) is 15.1. The Labute approximate surface area is 181 Å². The third-order valence-corrected chi connectivity index (χ3v) is 5.95. The van der Waals surface area contributed by atoms with Crippen LogP contribution in [0.25, 0.3) is 27.1 Å². The van der Waals surface area contributed by atoms with Gasteiger partial charge in [0.1, 0.15) is 0 Å². The summed E-state index contributed by atoms with van der Waals surface area (Å²) in [5.74, 6) is -0.402. The number of aromatic nitrogens is 1. The summed E-state index contributed by atoms with van der Waals surface area (Å²) >= 11 is 1.47. The number of thiazole rings is 1. The Bertz CT molecular complexity index is 1370. The van der Waals surface area contributed by atoms with Crippen molar-refractivity contribution in [3.63, 3.8) is 0 Å². The molecule has 1 amide bonds. The summed E-state index contributed by atoms with van der Waals surface area (Å²) in [4.78, 5) is 27.7. The molecule has 0 aliphatic heterocycles. The molecule has 0 unspecified atom stereocenters. The molecular formula is C23H19N3O4S. The van der Waals surface area contributed by atoms with Gasteiger partial charge in [-0.05, 0) is 35.2 Å². The van der Waals surface area contributed by atoms with Gasteiger partial charge in [-0.25, -0.2) is 0 Å². The lowest BCUT2D eigenvalue weighted by atomic mass is 10.1. The van der Waals surface area contributed by atoms with Gasteiger partial charge in [0.05, 0.1) is 21.7 Å². The maximum Gasteiger partial charge on any atom is 0.272 e. The molecule has 4 aromatic rings. The van der Waals surface area contributed by atoms with Crippen LogP contribution in [0.2, 0.25) is 0 Å². The third-order valence-electron chi connectivity index (χ3n) is 4.82. The first kappa shape index (κ1) is 20.6. The number of carbonyl (C=O) groups is 1. The van der Waals surface area contributed by atoms with E-state index in [1.807, 2.05) is 22.8 Å². The first-order valence-corrected chi connectivity index (χ1v) is 10.4. The molecule has 156 valence electrons. The zero-order chi connectivity index (χ0) is 21.8. The molecule has 1 aromatic heterocycles. The van der Waals surface area contributed by atoms with E-state index in [0.29, 0.717) is 23.5 Å². The van der Waals surface area contributed by atoms with Gasteiger partial charge in [-0.1, -0.05) is 41.7 Å². The minimum atomic E-state index is -0.460. The lowest BCUT2D eigenvalue weighted by Crippen LogP contribution is -2.18. The number of carbonyl (C=O) groups excluding carboxylic acids is 1. The number of fused-ring (bicyclic) bond motifs is 3. The fourth-order valence-electron chi connectivity index (χ4n) is 3.29. The predicted octanol–water partition coefficient (Wildman–Crippen LogP) is 4.55. The van der Waals surface area contributed by atoms with Crippen LogP contribution >= 0.6 is 11.3 Å². The quantitative estimate of drug-likeness (QED) is 0.254. The van der Waals surface area contributed by atoms with Crippen LogP contribution in [0.15, 0.2) is 71.7 Å². The van der Waals surface area contributed by atoms with E-state index in [4.69, 9.17) is 4.74 Å². The minimum absolute atomic E-state index is 0.00449. The Morgan fingerprint density at radius 1 is 1.16 bits per heavy atom. The molecular weight excluding hydrogens is 414 g/mol. The van der Waals surface area contributed by atoms with E-state index in [-0.39, 0.29) is 5.69 Å². The fraction of sp³-hybridized carbons (Fsp3) is 0.130. The van der Waals surface area contributed by atoms with Gasteiger partial charge in [-0.3, -0.25) is 14.9 Å². The number of methoxy groups -OCH3 is 1. The van der Waals surface area contributed by atoms with E-state index in [1.165, 1.54) is 29.5 Å². The summed E-state index contributed by atoms with van der Waals surface area (Å²) in [6.07, 6.45) is 2.96. The van der Waals surface area contributed by atoms with Gasteiger partial charge in [-0.2, -0.15) is 4.99 Å². The normalized spacial score (nSPS) is 12.2. The molecule has 1 heterocycles. The largest absolute Gasteiger partial charge is 0.383 e. The SMILES string of the molecule is COCCn1c(=NC(=O)/C=C\c2ccc([N+](=O)[O-])cc2)sc2c3ccccc3ccc21. The van der Waals surface area contributed by atoms with E-state index in [2.05, 4.69) is 23.2 Å². The number of nitro groups is 1. The number of rotatable bonds is 6. The Morgan fingerprint density at radius 2 is 1.94 bits per heavy atom. The number of benzene rings is 3. The fourth-order valence-corrected chi connectivity index (χ4v) is 4.49. The van der Waals surface area contributed by atoms with Crippen molar-refractivity contribution in [3.8, 4) is 0 Å². The molecule has 0 aliphatic carbocycles. The van der Waals surface area contributed by atoms with Crippen molar-refractivity contribution < 1.29 is 14.5 Å². The average molecular weight is 433 g/mol. The molecule has 0 saturated carbocycles. The average Bonchev–Trinajstić information content (AvgIpc) is 3.13. The van der Waals surface area contributed by atoms with E-state index in [9.17, 15) is 14.9 Å². The molecule has 8 heteroatoms. The van der Waals surface area contributed by atoms with Crippen LogP contribution in [-0.4, -0.2) is 29.1 Å². The van der Waals surface area contributed by atoms with Gasteiger partial charge in [0.15, 0.2) is 4.80 Å². The van der Waals surface area contributed by atoms with Crippen molar-refractivity contribution in [3.05, 3.63) is 87.2 Å². The molecule has 0 N–H and O–H groups in total. The third kappa shape index (κ3) is 4.45. The van der Waals surface area contributed by atoms with Crippen LogP contribution in [0, 0.1) is 10.1 Å². The summed E-state index contributed by atoms with van der Waals surface area (Å²) in [6, 6.07) is 18.2. The number of non-ortho nitro benzene ring substituents is 1. The molecule has 0 spiro atoms. The summed E-state index contributed by atoms with van der Waals surface area (Å²) in [5, 5.41) is 13.0. The van der Waals surface area contributed by atoms with Crippen molar-refractivity contribution in [2.24, 2.45) is 4.99 Å². The lowest BCUT2D eigenvalue weighted by molar-refractivity contribution is -0.384. The van der Waals surface area contributed by atoms with Gasteiger partial charge in [0.2, 0.25) is 0 Å². The highest BCUT2D eigenvalue weighted by molar-refractivity contribution is 7.17. The second-order valence-corrected chi connectivity index (χ2v) is 7.77. The highest BCUT2D eigenvalue weighted by atomic mass is 32.1. The molecule has 4 rings (SSSR count). The topological polar surface area (TPSA) is 86.7 Å². The van der Waals surface area contributed by atoms with Gasteiger partial charge in [0.25, 0.3) is 11.6 Å². The number of nitrogens with zero attached hydrogens (tertiary/aromatic N) is 3. The summed E-state index contributed by atoms with van der Waals surface area (Å²) in [7, 11) is 1.64. The summed E-state index contributed by atoms with van der Waals surface area (Å²) in [6.45, 7) is 1.08. The Hall–Kier alpha value is -3.62. The van der Waals surface area contributed by atoms with Gasteiger partial charge in [-0.15, -0.1) is 0 Å². The van der Waals surface area contributed by atoms with Crippen LogP contribution in [-0.2, 0) is 16.1 Å². The Balaban J connectivity index is 1.71. The molecule has 3 aromatic carbocycles.